The molecule has 102 valence electrons. The number of esters is 1. The molecule has 0 fully saturated rings. The minimum Gasteiger partial charge on any atom is -0.455 e. The number of alkyl halides is 3. The monoisotopic (exact) mass is 389 g/mol. The number of halogens is 4. The molecular weight excluding hydrogens is 377 g/mol. The molecule has 0 heterocycles. The lowest BCUT2D eigenvalue weighted by Gasteiger charge is -2.17. The summed E-state index contributed by atoms with van der Waals surface area (Å²) in [6, 6.07) is -1.10. The van der Waals surface area contributed by atoms with E-state index in [9.17, 15) is 22.5 Å². The van der Waals surface area contributed by atoms with E-state index in [4.69, 9.17) is 0 Å². The Morgan fingerprint density at radius 2 is 2.06 bits per heavy atom. The largest absolute Gasteiger partial charge is 0.455 e. The first-order valence-electron chi connectivity index (χ1n) is 4.36. The Hall–Kier alpha value is 0.140. The molecule has 0 radical (unpaired) electrons. The van der Waals surface area contributed by atoms with Crippen LogP contribution in [0.15, 0.2) is 0 Å². The number of ether oxygens (including phenoxy) is 2. The molecule has 0 aliphatic carbocycles. The minimum absolute atomic E-state index is 0.134. The van der Waals surface area contributed by atoms with Crippen LogP contribution < -0.4 is 5.09 Å². The Kier molecular flexibility index (Phi) is 6.97. The Morgan fingerprint density at radius 3 is 2.47 bits per heavy atom. The summed E-state index contributed by atoms with van der Waals surface area (Å²) in [4.78, 5) is 8.17. The first-order chi connectivity index (χ1) is 7.57. The molecule has 2 atom stereocenters. The second kappa shape index (κ2) is 6.91. The van der Waals surface area contributed by atoms with Gasteiger partial charge in [0.2, 0.25) is 4.94 Å². The topological polar surface area (TPSA) is 64.6 Å². The maximum Gasteiger partial charge on any atom is 0.422 e. The summed E-state index contributed by atoms with van der Waals surface area (Å²) in [7, 11) is 1.32. The van der Waals surface area contributed by atoms with Crippen LogP contribution in [-0.4, -0.2) is 38.3 Å². The van der Waals surface area contributed by atoms with E-state index in [0.717, 1.165) is 0 Å². The molecule has 17 heavy (non-hydrogen) atoms. The average molecular weight is 389 g/mol. The molecule has 0 bridgehead atoms. The summed E-state index contributed by atoms with van der Waals surface area (Å²) >= 11 is 1.56. The van der Waals surface area contributed by atoms with E-state index in [0.29, 0.717) is 0 Å². The zero-order valence-electron chi connectivity index (χ0n) is 9.08. The maximum atomic E-state index is 11.8. The van der Waals surface area contributed by atoms with Gasteiger partial charge in [0.15, 0.2) is 6.61 Å². The smallest absolute Gasteiger partial charge is 0.422 e. The van der Waals surface area contributed by atoms with Crippen molar-refractivity contribution in [2.45, 2.75) is 19.1 Å². The van der Waals surface area contributed by atoms with Gasteiger partial charge in [-0.1, -0.05) is 0 Å². The van der Waals surface area contributed by atoms with Crippen LogP contribution in [0.25, 0.3) is 0 Å². The summed E-state index contributed by atoms with van der Waals surface area (Å²) in [6.45, 7) is -0.395. The molecule has 0 amide bonds. The predicted octanol–water partition coefficient (Wildman–Crippen LogP) is 2.30. The van der Waals surface area contributed by atoms with Gasteiger partial charge in [0.05, 0.1) is 0 Å². The van der Waals surface area contributed by atoms with Crippen LogP contribution in [0, 0.1) is 0 Å². The van der Waals surface area contributed by atoms with Crippen LogP contribution in [0.4, 0.5) is 13.2 Å². The number of carbonyl (C=O) groups excluding carboxylic acids is 1. The minimum atomic E-state index is -4.57. The highest BCUT2D eigenvalue weighted by molar-refractivity contribution is 14.2. The zero-order chi connectivity index (χ0) is 13.7. The highest BCUT2D eigenvalue weighted by atomic mass is 127. The van der Waals surface area contributed by atoms with Gasteiger partial charge in [-0.2, -0.15) is 13.2 Å². The highest BCUT2D eigenvalue weighted by Crippen LogP contribution is 2.50. The second-order valence-corrected chi connectivity index (χ2v) is 9.64. The molecule has 0 rings (SSSR count). The normalized spacial score (nSPS) is 17.3. The van der Waals surface area contributed by atoms with Gasteiger partial charge in [0.1, 0.15) is 12.4 Å². The van der Waals surface area contributed by atoms with Crippen molar-refractivity contribution in [2.24, 2.45) is 0 Å². The van der Waals surface area contributed by atoms with Crippen molar-refractivity contribution in [3.8, 4) is 0 Å². The van der Waals surface area contributed by atoms with Crippen LogP contribution in [0.2, 0.25) is 0 Å². The van der Waals surface area contributed by atoms with Crippen molar-refractivity contribution in [3.63, 3.8) is 0 Å². The van der Waals surface area contributed by atoms with Gasteiger partial charge >= 0.3 is 12.1 Å². The molecule has 0 saturated heterocycles. The van der Waals surface area contributed by atoms with E-state index >= 15 is 0 Å². The van der Waals surface area contributed by atoms with E-state index in [1.807, 2.05) is 0 Å². The Morgan fingerprint density at radius 1 is 1.53 bits per heavy atom. The average Bonchev–Trinajstić information content (AvgIpc) is 2.11. The Balaban J connectivity index is 4.19. The van der Waals surface area contributed by atoms with Crippen molar-refractivity contribution in [3.05, 3.63) is 0 Å². The zero-order valence-corrected chi connectivity index (χ0v) is 12.1. The summed E-state index contributed by atoms with van der Waals surface area (Å²) in [5.74, 6) is -1.12. The van der Waals surface area contributed by atoms with E-state index in [1.165, 1.54) is 14.0 Å². The van der Waals surface area contributed by atoms with E-state index in [2.05, 4.69) is 14.6 Å². The molecule has 5 nitrogen and oxygen atoms in total. The fourth-order valence-electron chi connectivity index (χ4n) is 0.823. The number of carbonyl (C=O) groups is 1. The highest BCUT2D eigenvalue weighted by Gasteiger charge is 2.32. The molecule has 0 aliphatic rings. The van der Waals surface area contributed by atoms with Crippen molar-refractivity contribution in [1.82, 2.24) is 5.09 Å². The standard InChI is InChI=1S/C7H12F3INO4P/c1-5(12-17(11,14)4-15-2)6(13)16-3-7(8,9)10/h5H,3-4H2,1-2H3,(H,12,14). The summed E-state index contributed by atoms with van der Waals surface area (Å²) in [5.41, 5.74) is 0. The molecule has 0 aromatic carbocycles. The molecule has 2 unspecified atom stereocenters. The number of hydrogen-bond donors (Lipinski definition) is 1. The van der Waals surface area contributed by atoms with E-state index in [1.54, 1.807) is 22.0 Å². The first kappa shape index (κ1) is 17.1. The maximum absolute atomic E-state index is 11.8. The SMILES string of the molecule is COCP(=O)(I)NC(C)C(=O)OCC(F)(F)F. The molecule has 0 aromatic rings. The van der Waals surface area contributed by atoms with Crippen molar-refractivity contribution in [2.75, 3.05) is 20.1 Å². The Labute approximate surface area is 109 Å². The number of nitrogens with one attached hydrogen (secondary N) is 1. The van der Waals surface area contributed by atoms with Gasteiger partial charge in [0.25, 0.3) is 0 Å². The number of hydrogen-bond acceptors (Lipinski definition) is 4. The number of methoxy groups -OCH3 is 1. The molecule has 10 heteroatoms. The van der Waals surface area contributed by atoms with Crippen molar-refractivity contribution in [1.29, 1.82) is 0 Å². The second-order valence-electron chi connectivity index (χ2n) is 3.14. The third-order valence-electron chi connectivity index (χ3n) is 1.41. The van der Waals surface area contributed by atoms with Gasteiger partial charge in [-0.05, 0) is 6.92 Å². The van der Waals surface area contributed by atoms with E-state index in [-0.39, 0.29) is 6.35 Å². The van der Waals surface area contributed by atoms with Gasteiger partial charge < -0.3 is 9.47 Å². The first-order valence-corrected chi connectivity index (χ1v) is 9.04. The van der Waals surface area contributed by atoms with Crippen LogP contribution in [0.3, 0.4) is 0 Å². The summed E-state index contributed by atoms with van der Waals surface area (Å²) in [5, 5.41) is 2.37. The van der Waals surface area contributed by atoms with Crippen LogP contribution in [0.1, 0.15) is 6.92 Å². The Bertz CT molecular complexity index is 312. The van der Waals surface area contributed by atoms with Gasteiger partial charge in [-0.3, -0.25) is 9.36 Å². The third-order valence-corrected chi connectivity index (χ3v) is 4.45. The van der Waals surface area contributed by atoms with Gasteiger partial charge in [-0.15, -0.1) is 0 Å². The van der Waals surface area contributed by atoms with Crippen molar-refractivity contribution >= 4 is 32.9 Å². The van der Waals surface area contributed by atoms with Crippen molar-refractivity contribution < 1.29 is 32.0 Å². The van der Waals surface area contributed by atoms with Crippen LogP contribution in [0.5, 0.6) is 0 Å². The van der Waals surface area contributed by atoms with Crippen LogP contribution >= 0.6 is 27.0 Å². The lowest BCUT2D eigenvalue weighted by atomic mass is 10.4. The van der Waals surface area contributed by atoms with Crippen LogP contribution in [-0.2, 0) is 18.8 Å². The molecule has 0 spiro atoms. The van der Waals surface area contributed by atoms with E-state index < -0.39 is 29.7 Å². The predicted molar refractivity (Wildman–Crippen MR) is 63.1 cm³/mol. The molecule has 0 aliphatic heterocycles. The molecule has 0 aromatic heterocycles. The lowest BCUT2D eigenvalue weighted by molar-refractivity contribution is -0.187. The van der Waals surface area contributed by atoms with Gasteiger partial charge in [-0.25, -0.2) is 5.09 Å². The summed E-state index contributed by atoms with van der Waals surface area (Å²) in [6.07, 6.45) is -4.71. The summed E-state index contributed by atoms with van der Waals surface area (Å²) < 4.78 is 55.6. The fraction of sp³-hybridized carbons (Fsp3) is 0.857. The lowest BCUT2D eigenvalue weighted by Crippen LogP contribution is -2.35. The quantitative estimate of drug-likeness (QED) is 0.429. The molecular formula is C7H12F3INO4P. The molecule has 0 saturated carbocycles. The number of rotatable bonds is 6. The fourth-order valence-corrected chi connectivity index (χ4v) is 4.00. The third kappa shape index (κ3) is 8.81. The van der Waals surface area contributed by atoms with Gasteiger partial charge in [0, 0.05) is 29.2 Å². The molecule has 1 N–H and O–H groups in total.